The van der Waals surface area contributed by atoms with E-state index in [-0.39, 0.29) is 5.91 Å². The Bertz CT molecular complexity index is 976. The third-order valence-corrected chi connectivity index (χ3v) is 5.24. The highest BCUT2D eigenvalue weighted by atomic mass is 16.5. The number of methoxy groups -OCH3 is 1. The van der Waals surface area contributed by atoms with Gasteiger partial charge in [-0.3, -0.25) is 4.79 Å². The van der Waals surface area contributed by atoms with Gasteiger partial charge in [-0.15, -0.1) is 0 Å². The molecular weight excluding hydrogens is 314 g/mol. The predicted octanol–water partition coefficient (Wildman–Crippen LogP) is 3.03. The SMILES string of the molecule is COc1nc(-c2ccc3c(ccn3C)c2)ccc1[C@@]1(C)CCNC1=O. The summed E-state index contributed by atoms with van der Waals surface area (Å²) in [4.78, 5) is 17.0. The minimum atomic E-state index is -0.583. The molecule has 1 aliphatic rings. The van der Waals surface area contributed by atoms with Gasteiger partial charge in [-0.05, 0) is 37.6 Å². The van der Waals surface area contributed by atoms with Crippen LogP contribution >= 0.6 is 0 Å². The number of rotatable bonds is 3. The van der Waals surface area contributed by atoms with Crippen molar-refractivity contribution in [3.63, 3.8) is 0 Å². The first-order valence-electron chi connectivity index (χ1n) is 8.42. The van der Waals surface area contributed by atoms with Gasteiger partial charge in [0, 0.05) is 41.8 Å². The lowest BCUT2D eigenvalue weighted by Crippen LogP contribution is -2.32. The Kier molecular flexibility index (Phi) is 3.53. The highest BCUT2D eigenvalue weighted by Gasteiger charge is 2.41. The molecule has 2 aromatic heterocycles. The third-order valence-electron chi connectivity index (χ3n) is 5.24. The van der Waals surface area contributed by atoms with E-state index >= 15 is 0 Å². The Morgan fingerprint density at radius 1 is 1.24 bits per heavy atom. The predicted molar refractivity (Wildman–Crippen MR) is 97.7 cm³/mol. The van der Waals surface area contributed by atoms with Gasteiger partial charge in [0.15, 0.2) is 0 Å². The van der Waals surface area contributed by atoms with Crippen LogP contribution in [0.25, 0.3) is 22.2 Å². The molecule has 1 aliphatic heterocycles. The standard InChI is InChI=1S/C20H21N3O2/c1-20(9-10-21-19(20)24)15-5-6-16(22-18(15)25-3)13-4-7-17-14(12-13)8-11-23(17)2/h4-8,11-12H,9-10H2,1-3H3,(H,21,24)/t20-/m1/s1. The first kappa shape index (κ1) is 15.7. The average molecular weight is 335 g/mol. The number of benzene rings is 1. The molecule has 1 amide bonds. The monoisotopic (exact) mass is 335 g/mol. The lowest BCUT2D eigenvalue weighted by molar-refractivity contribution is -0.123. The second kappa shape index (κ2) is 5.62. The Balaban J connectivity index is 1.79. The van der Waals surface area contributed by atoms with Crippen molar-refractivity contribution < 1.29 is 9.53 Å². The van der Waals surface area contributed by atoms with Crippen LogP contribution in [0.2, 0.25) is 0 Å². The number of aromatic nitrogens is 2. The van der Waals surface area contributed by atoms with Crippen molar-refractivity contribution in [3.05, 3.63) is 48.2 Å². The summed E-state index contributed by atoms with van der Waals surface area (Å²) < 4.78 is 7.62. The summed E-state index contributed by atoms with van der Waals surface area (Å²) in [5.41, 5.74) is 3.32. The topological polar surface area (TPSA) is 56.1 Å². The maximum Gasteiger partial charge on any atom is 0.230 e. The molecule has 5 nitrogen and oxygen atoms in total. The zero-order chi connectivity index (χ0) is 17.6. The average Bonchev–Trinajstić information content (AvgIpc) is 3.17. The number of carbonyl (C=O) groups excluding carboxylic acids is 1. The molecule has 0 radical (unpaired) electrons. The number of hydrogen-bond acceptors (Lipinski definition) is 3. The number of fused-ring (bicyclic) bond motifs is 1. The number of pyridine rings is 1. The quantitative estimate of drug-likeness (QED) is 0.800. The lowest BCUT2D eigenvalue weighted by atomic mass is 9.81. The number of ether oxygens (including phenoxy) is 1. The van der Waals surface area contributed by atoms with Crippen LogP contribution in [0.3, 0.4) is 0 Å². The molecule has 1 N–H and O–H groups in total. The van der Waals surface area contributed by atoms with Crippen molar-refractivity contribution >= 4 is 16.8 Å². The van der Waals surface area contributed by atoms with E-state index < -0.39 is 5.41 Å². The Morgan fingerprint density at radius 2 is 2.08 bits per heavy atom. The van der Waals surface area contributed by atoms with Crippen LogP contribution in [0.5, 0.6) is 5.88 Å². The van der Waals surface area contributed by atoms with Gasteiger partial charge in [0.2, 0.25) is 11.8 Å². The highest BCUT2D eigenvalue weighted by Crippen LogP contribution is 2.37. The molecule has 3 aromatic rings. The second-order valence-electron chi connectivity index (χ2n) is 6.79. The molecule has 25 heavy (non-hydrogen) atoms. The number of aryl methyl sites for hydroxylation is 1. The molecule has 3 heterocycles. The van der Waals surface area contributed by atoms with Gasteiger partial charge in [-0.25, -0.2) is 4.98 Å². The zero-order valence-electron chi connectivity index (χ0n) is 14.7. The molecule has 5 heteroatoms. The molecule has 0 spiro atoms. The normalized spacial score (nSPS) is 20.0. The smallest absolute Gasteiger partial charge is 0.230 e. The van der Waals surface area contributed by atoms with Crippen LogP contribution < -0.4 is 10.1 Å². The molecule has 1 saturated heterocycles. The molecule has 4 rings (SSSR count). The Hall–Kier alpha value is -2.82. The molecule has 0 unspecified atom stereocenters. The van der Waals surface area contributed by atoms with E-state index in [1.165, 1.54) is 10.9 Å². The molecule has 128 valence electrons. The first-order valence-corrected chi connectivity index (χ1v) is 8.42. The van der Waals surface area contributed by atoms with Crippen molar-refractivity contribution in [2.75, 3.05) is 13.7 Å². The van der Waals surface area contributed by atoms with E-state index in [9.17, 15) is 4.79 Å². The summed E-state index contributed by atoms with van der Waals surface area (Å²) in [7, 11) is 3.64. The molecule has 1 atom stereocenters. The van der Waals surface area contributed by atoms with Crippen molar-refractivity contribution in [2.45, 2.75) is 18.8 Å². The fraction of sp³-hybridized carbons (Fsp3) is 0.300. The fourth-order valence-corrected chi connectivity index (χ4v) is 3.61. The van der Waals surface area contributed by atoms with Crippen molar-refractivity contribution in [1.29, 1.82) is 0 Å². The number of amides is 1. The molecule has 0 saturated carbocycles. The largest absolute Gasteiger partial charge is 0.481 e. The van der Waals surface area contributed by atoms with Crippen molar-refractivity contribution in [1.82, 2.24) is 14.9 Å². The number of carbonyl (C=O) groups is 1. The molecule has 1 fully saturated rings. The maximum atomic E-state index is 12.3. The van der Waals surface area contributed by atoms with Gasteiger partial charge in [0.25, 0.3) is 0 Å². The van der Waals surface area contributed by atoms with Gasteiger partial charge in [-0.2, -0.15) is 0 Å². The minimum Gasteiger partial charge on any atom is -0.481 e. The summed E-state index contributed by atoms with van der Waals surface area (Å²) in [6.45, 7) is 2.63. The summed E-state index contributed by atoms with van der Waals surface area (Å²) >= 11 is 0. The van der Waals surface area contributed by atoms with Crippen LogP contribution in [-0.4, -0.2) is 29.1 Å². The van der Waals surface area contributed by atoms with Crippen LogP contribution in [0, 0.1) is 0 Å². The Labute approximate surface area is 146 Å². The van der Waals surface area contributed by atoms with E-state index in [0.29, 0.717) is 12.4 Å². The van der Waals surface area contributed by atoms with Crippen LogP contribution in [-0.2, 0) is 17.3 Å². The van der Waals surface area contributed by atoms with Gasteiger partial charge >= 0.3 is 0 Å². The molecule has 1 aromatic carbocycles. The fourth-order valence-electron chi connectivity index (χ4n) is 3.61. The van der Waals surface area contributed by atoms with E-state index in [4.69, 9.17) is 9.72 Å². The summed E-state index contributed by atoms with van der Waals surface area (Å²) in [6, 6.07) is 12.3. The van der Waals surface area contributed by atoms with Crippen LogP contribution in [0.15, 0.2) is 42.6 Å². The minimum absolute atomic E-state index is 0.0334. The molecule has 0 aliphatic carbocycles. The van der Waals surface area contributed by atoms with Crippen LogP contribution in [0.4, 0.5) is 0 Å². The zero-order valence-corrected chi connectivity index (χ0v) is 14.7. The Morgan fingerprint density at radius 3 is 2.80 bits per heavy atom. The van der Waals surface area contributed by atoms with E-state index in [0.717, 1.165) is 23.2 Å². The van der Waals surface area contributed by atoms with E-state index in [2.05, 4.69) is 34.1 Å². The molecular formula is C20H21N3O2. The van der Waals surface area contributed by atoms with Gasteiger partial charge in [-0.1, -0.05) is 12.1 Å². The summed E-state index contributed by atoms with van der Waals surface area (Å²) in [5, 5.41) is 4.08. The van der Waals surface area contributed by atoms with Gasteiger partial charge in [0.1, 0.15) is 0 Å². The summed E-state index contributed by atoms with van der Waals surface area (Å²) in [6.07, 6.45) is 2.80. The van der Waals surface area contributed by atoms with Gasteiger partial charge in [0.05, 0.1) is 18.2 Å². The van der Waals surface area contributed by atoms with Gasteiger partial charge < -0.3 is 14.6 Å². The maximum absolute atomic E-state index is 12.3. The number of hydrogen-bond donors (Lipinski definition) is 1. The number of nitrogens with zero attached hydrogens (tertiary/aromatic N) is 2. The second-order valence-corrected chi connectivity index (χ2v) is 6.79. The first-order chi connectivity index (χ1) is 12.0. The lowest BCUT2D eigenvalue weighted by Gasteiger charge is -2.23. The van der Waals surface area contributed by atoms with Crippen LogP contribution in [0.1, 0.15) is 18.9 Å². The van der Waals surface area contributed by atoms with E-state index in [1.807, 2.05) is 32.3 Å². The van der Waals surface area contributed by atoms with Crippen molar-refractivity contribution in [2.24, 2.45) is 7.05 Å². The summed E-state index contributed by atoms with van der Waals surface area (Å²) in [5.74, 6) is 0.552. The third kappa shape index (κ3) is 2.38. The highest BCUT2D eigenvalue weighted by molar-refractivity contribution is 5.90. The number of nitrogens with one attached hydrogen (secondary N) is 1. The molecule has 0 bridgehead atoms. The van der Waals surface area contributed by atoms with Crippen molar-refractivity contribution in [3.8, 4) is 17.1 Å². The van der Waals surface area contributed by atoms with E-state index in [1.54, 1.807) is 7.11 Å².